The number of carbonyl (C=O) groups excluding carboxylic acids is 1. The van der Waals surface area contributed by atoms with Gasteiger partial charge in [0, 0.05) is 11.6 Å². The number of hydrogen-bond donors (Lipinski definition) is 3. The Bertz CT molecular complexity index is 1320. The van der Waals surface area contributed by atoms with Crippen LogP contribution in [0.5, 0.6) is 5.75 Å². The van der Waals surface area contributed by atoms with Crippen molar-refractivity contribution in [1.29, 1.82) is 0 Å². The number of fused-ring (bicyclic) bond motifs is 1. The highest BCUT2D eigenvalue weighted by Crippen LogP contribution is 2.36. The number of aromatic nitrogens is 2. The summed E-state index contributed by atoms with van der Waals surface area (Å²) in [7, 11) is 0. The number of benzene rings is 2. The average Bonchev–Trinajstić information content (AvgIpc) is 3.51. The molecule has 1 aliphatic carbocycles. The van der Waals surface area contributed by atoms with Crippen LogP contribution in [0.2, 0.25) is 0 Å². The number of aliphatic carboxylic acids is 1. The molecule has 3 N–H and O–H groups in total. The molecule has 5 rings (SSSR count). The molecule has 174 valence electrons. The first-order valence-electron chi connectivity index (χ1n) is 11.4. The third-order valence-corrected chi connectivity index (χ3v) is 6.42. The third-order valence-electron chi connectivity index (χ3n) is 6.42. The van der Waals surface area contributed by atoms with Crippen molar-refractivity contribution >= 4 is 22.9 Å². The predicted octanol–water partition coefficient (Wildman–Crippen LogP) is 5.06. The lowest BCUT2D eigenvalue weighted by molar-refractivity contribution is -0.139. The molecule has 1 saturated carbocycles. The van der Waals surface area contributed by atoms with Gasteiger partial charge in [-0.3, -0.25) is 4.79 Å². The van der Waals surface area contributed by atoms with Crippen LogP contribution in [0, 0.1) is 0 Å². The highest BCUT2D eigenvalue weighted by molar-refractivity contribution is 5.99. The smallest absolute Gasteiger partial charge is 0.330 e. The van der Waals surface area contributed by atoms with Crippen molar-refractivity contribution < 1.29 is 24.2 Å². The molecule has 2 aromatic heterocycles. The van der Waals surface area contributed by atoms with Crippen LogP contribution in [0.15, 0.2) is 65.5 Å². The van der Waals surface area contributed by atoms with Gasteiger partial charge in [0.2, 0.25) is 0 Å². The fourth-order valence-corrected chi connectivity index (χ4v) is 4.71. The van der Waals surface area contributed by atoms with Gasteiger partial charge in [0.25, 0.3) is 5.91 Å². The predicted molar refractivity (Wildman–Crippen MR) is 126 cm³/mol. The first-order valence-corrected chi connectivity index (χ1v) is 11.4. The lowest BCUT2D eigenvalue weighted by Gasteiger charge is -2.25. The second kappa shape index (κ2) is 9.05. The molecule has 0 unspecified atom stereocenters. The number of carboxylic acid groups (broad SMARTS) is 1. The number of phenolic OH excluding ortho intramolecular Hbond substituents is 1. The molecule has 2 aromatic carbocycles. The molecule has 2 heterocycles. The van der Waals surface area contributed by atoms with Crippen LogP contribution in [0.1, 0.15) is 60.1 Å². The van der Waals surface area contributed by atoms with Gasteiger partial charge in [0.05, 0.1) is 22.9 Å². The van der Waals surface area contributed by atoms with Gasteiger partial charge in [-0.1, -0.05) is 31.4 Å². The Morgan fingerprint density at radius 1 is 1.06 bits per heavy atom. The van der Waals surface area contributed by atoms with E-state index in [2.05, 4.69) is 9.88 Å². The second-order valence-corrected chi connectivity index (χ2v) is 8.65. The quantitative estimate of drug-likeness (QED) is 0.371. The van der Waals surface area contributed by atoms with E-state index in [0.29, 0.717) is 22.7 Å². The van der Waals surface area contributed by atoms with Gasteiger partial charge >= 0.3 is 5.97 Å². The standard InChI is InChI=1S/C26H25N3O5/c30-20-9-6-16(7-10-20)23(26(32)33)28-25(31)17-8-11-22-21(14-17)27-24(18-12-13-34-15-18)29(22)19-4-2-1-3-5-19/h6-15,19,23,30H,1-5H2,(H,28,31)(H,32,33)/t23-/m0/s1. The fourth-order valence-electron chi connectivity index (χ4n) is 4.71. The minimum atomic E-state index is -1.25. The lowest BCUT2D eigenvalue weighted by atomic mass is 9.95. The van der Waals surface area contributed by atoms with E-state index in [9.17, 15) is 19.8 Å². The number of carbonyl (C=O) groups is 2. The Labute approximate surface area is 195 Å². The summed E-state index contributed by atoms with van der Waals surface area (Å²) < 4.78 is 7.54. The molecule has 0 aliphatic heterocycles. The van der Waals surface area contributed by atoms with E-state index in [0.717, 1.165) is 29.7 Å². The Kier molecular flexibility index (Phi) is 5.79. The number of phenols is 1. The van der Waals surface area contributed by atoms with E-state index in [1.54, 1.807) is 24.7 Å². The maximum absolute atomic E-state index is 13.0. The summed E-state index contributed by atoms with van der Waals surface area (Å²) in [6.07, 6.45) is 9.02. The molecule has 0 bridgehead atoms. The molecule has 8 heteroatoms. The number of nitrogens with one attached hydrogen (secondary N) is 1. The zero-order chi connectivity index (χ0) is 23.7. The van der Waals surface area contributed by atoms with Crippen molar-refractivity contribution in [1.82, 2.24) is 14.9 Å². The molecular weight excluding hydrogens is 434 g/mol. The molecule has 1 fully saturated rings. The van der Waals surface area contributed by atoms with Gasteiger partial charge < -0.3 is 24.5 Å². The van der Waals surface area contributed by atoms with Gasteiger partial charge in [0.1, 0.15) is 17.8 Å². The Balaban J connectivity index is 1.49. The summed E-state index contributed by atoms with van der Waals surface area (Å²) in [5.41, 5.74) is 3.18. The molecule has 0 radical (unpaired) electrons. The second-order valence-electron chi connectivity index (χ2n) is 8.65. The summed E-state index contributed by atoms with van der Waals surface area (Å²) in [6, 6.07) is 12.0. The van der Waals surface area contributed by atoms with E-state index < -0.39 is 17.9 Å². The molecule has 0 saturated heterocycles. The zero-order valence-corrected chi connectivity index (χ0v) is 18.5. The highest BCUT2D eigenvalue weighted by atomic mass is 16.4. The van der Waals surface area contributed by atoms with E-state index in [1.807, 2.05) is 12.1 Å². The molecule has 8 nitrogen and oxygen atoms in total. The van der Waals surface area contributed by atoms with Gasteiger partial charge in [0.15, 0.2) is 6.04 Å². The number of aromatic hydroxyl groups is 1. The molecule has 0 spiro atoms. The summed E-state index contributed by atoms with van der Waals surface area (Å²) in [4.78, 5) is 29.6. The lowest BCUT2D eigenvalue weighted by Crippen LogP contribution is -2.33. The SMILES string of the molecule is O=C(N[C@H](C(=O)O)c1ccc(O)cc1)c1ccc2c(c1)nc(-c1ccoc1)n2C1CCCCC1. The van der Waals surface area contributed by atoms with Crippen molar-refractivity contribution in [3.05, 3.63) is 72.2 Å². The monoisotopic (exact) mass is 459 g/mol. The minimum Gasteiger partial charge on any atom is -0.508 e. The molecule has 34 heavy (non-hydrogen) atoms. The number of carboxylic acids is 1. The number of nitrogens with zero attached hydrogens (tertiary/aromatic N) is 2. The Hall–Kier alpha value is -4.07. The number of amides is 1. The van der Waals surface area contributed by atoms with Crippen molar-refractivity contribution in [2.75, 3.05) is 0 Å². The summed E-state index contributed by atoms with van der Waals surface area (Å²) in [5.74, 6) is -0.879. The molecule has 4 aromatic rings. The summed E-state index contributed by atoms with van der Waals surface area (Å²) >= 11 is 0. The van der Waals surface area contributed by atoms with Crippen molar-refractivity contribution in [3.8, 4) is 17.1 Å². The summed E-state index contributed by atoms with van der Waals surface area (Å²) in [5, 5.41) is 21.7. The van der Waals surface area contributed by atoms with Gasteiger partial charge in [-0.15, -0.1) is 0 Å². The van der Waals surface area contributed by atoms with Gasteiger partial charge in [-0.05, 0) is 54.8 Å². The van der Waals surface area contributed by atoms with Crippen LogP contribution in [0.3, 0.4) is 0 Å². The fraction of sp³-hybridized carbons (Fsp3) is 0.269. The largest absolute Gasteiger partial charge is 0.508 e. The van der Waals surface area contributed by atoms with Gasteiger partial charge in [-0.2, -0.15) is 0 Å². The Morgan fingerprint density at radius 3 is 2.50 bits per heavy atom. The average molecular weight is 460 g/mol. The van der Waals surface area contributed by atoms with Crippen LogP contribution in [-0.4, -0.2) is 31.6 Å². The number of imidazole rings is 1. The van der Waals surface area contributed by atoms with Crippen LogP contribution in [0.4, 0.5) is 0 Å². The molecule has 1 aliphatic rings. The van der Waals surface area contributed by atoms with E-state index in [-0.39, 0.29) is 5.75 Å². The number of rotatable bonds is 6. The van der Waals surface area contributed by atoms with Crippen molar-refractivity contribution in [2.45, 2.75) is 44.2 Å². The first-order chi connectivity index (χ1) is 16.5. The van der Waals surface area contributed by atoms with Crippen LogP contribution >= 0.6 is 0 Å². The zero-order valence-electron chi connectivity index (χ0n) is 18.5. The first kappa shape index (κ1) is 21.8. The Morgan fingerprint density at radius 2 is 1.82 bits per heavy atom. The maximum atomic E-state index is 13.0. The highest BCUT2D eigenvalue weighted by Gasteiger charge is 2.25. The molecule has 1 atom stereocenters. The maximum Gasteiger partial charge on any atom is 0.330 e. The van der Waals surface area contributed by atoms with E-state index in [1.165, 1.54) is 43.5 Å². The van der Waals surface area contributed by atoms with E-state index >= 15 is 0 Å². The normalized spacial score (nSPS) is 15.3. The summed E-state index contributed by atoms with van der Waals surface area (Å²) in [6.45, 7) is 0. The number of furan rings is 1. The van der Waals surface area contributed by atoms with Crippen LogP contribution in [0.25, 0.3) is 22.4 Å². The van der Waals surface area contributed by atoms with Crippen molar-refractivity contribution in [2.24, 2.45) is 0 Å². The third kappa shape index (κ3) is 4.14. The van der Waals surface area contributed by atoms with Crippen LogP contribution < -0.4 is 5.32 Å². The molecular formula is C26H25N3O5. The van der Waals surface area contributed by atoms with Gasteiger partial charge in [-0.25, -0.2) is 9.78 Å². The van der Waals surface area contributed by atoms with E-state index in [4.69, 9.17) is 9.40 Å². The number of hydrogen-bond acceptors (Lipinski definition) is 5. The van der Waals surface area contributed by atoms with Crippen LogP contribution in [-0.2, 0) is 4.79 Å². The minimum absolute atomic E-state index is 0.0200. The van der Waals surface area contributed by atoms with Crippen molar-refractivity contribution in [3.63, 3.8) is 0 Å². The topological polar surface area (TPSA) is 118 Å². The molecule has 1 amide bonds.